The third-order valence-corrected chi connectivity index (χ3v) is 3.92. The minimum absolute atomic E-state index is 0.188. The average molecular weight is 287 g/mol. The Morgan fingerprint density at radius 3 is 2.25 bits per heavy atom. The molecular weight excluding hydrogens is 266 g/mol. The molecule has 1 heterocycles. The lowest BCUT2D eigenvalue weighted by atomic mass is 9.87. The molecule has 0 atom stereocenters. The maximum absolute atomic E-state index is 4.46. The number of hydrogen-bond acceptors (Lipinski definition) is 4. The summed E-state index contributed by atoms with van der Waals surface area (Å²) in [4.78, 5) is 9.96. The molecule has 2 rings (SSSR count). The van der Waals surface area contributed by atoms with E-state index in [1.54, 1.807) is 11.8 Å². The summed E-state index contributed by atoms with van der Waals surface area (Å²) in [6.45, 7) is 8.65. The molecule has 1 aromatic heterocycles. The van der Waals surface area contributed by atoms with Gasteiger partial charge in [0.25, 0.3) is 0 Å². The maximum atomic E-state index is 4.46. The van der Waals surface area contributed by atoms with E-state index in [1.165, 1.54) is 10.5 Å². The highest BCUT2D eigenvalue weighted by molar-refractivity contribution is 7.99. The van der Waals surface area contributed by atoms with E-state index in [9.17, 15) is 0 Å². The largest absolute Gasteiger partial charge is 0.357 e. The van der Waals surface area contributed by atoms with Gasteiger partial charge >= 0.3 is 0 Å². The number of nitrogens with zero attached hydrogens (tertiary/aromatic N) is 2. The van der Waals surface area contributed by atoms with Crippen molar-refractivity contribution < 1.29 is 0 Å². The van der Waals surface area contributed by atoms with E-state index in [1.807, 2.05) is 20.0 Å². The lowest BCUT2D eigenvalue weighted by Crippen LogP contribution is -2.10. The van der Waals surface area contributed by atoms with Crippen LogP contribution in [-0.4, -0.2) is 17.0 Å². The van der Waals surface area contributed by atoms with Gasteiger partial charge in [-0.15, -0.1) is 0 Å². The summed E-state index contributed by atoms with van der Waals surface area (Å²) in [6, 6.07) is 10.7. The van der Waals surface area contributed by atoms with Gasteiger partial charge in [-0.1, -0.05) is 44.7 Å². The Balaban J connectivity index is 2.20. The van der Waals surface area contributed by atoms with Crippen LogP contribution in [0.4, 0.5) is 5.95 Å². The van der Waals surface area contributed by atoms with Gasteiger partial charge in [-0.25, -0.2) is 9.97 Å². The number of hydrogen-bond donors (Lipinski definition) is 1. The van der Waals surface area contributed by atoms with Crippen LogP contribution in [0, 0.1) is 6.92 Å². The third-order valence-electron chi connectivity index (χ3n) is 3.00. The summed E-state index contributed by atoms with van der Waals surface area (Å²) in [7, 11) is 1.83. The van der Waals surface area contributed by atoms with Gasteiger partial charge in [-0.2, -0.15) is 0 Å². The summed E-state index contributed by atoms with van der Waals surface area (Å²) in [6.07, 6.45) is 0. The normalized spacial score (nSPS) is 11.4. The third kappa shape index (κ3) is 3.73. The fourth-order valence-electron chi connectivity index (χ4n) is 1.85. The number of aryl methyl sites for hydroxylation is 1. The summed E-state index contributed by atoms with van der Waals surface area (Å²) in [5, 5.41) is 3.95. The van der Waals surface area contributed by atoms with Gasteiger partial charge < -0.3 is 5.32 Å². The smallest absolute Gasteiger partial charge is 0.223 e. The van der Waals surface area contributed by atoms with Crippen LogP contribution < -0.4 is 5.32 Å². The second kappa shape index (κ2) is 5.83. The van der Waals surface area contributed by atoms with Gasteiger partial charge in [-0.05, 0) is 36.1 Å². The van der Waals surface area contributed by atoms with Gasteiger partial charge in [0, 0.05) is 17.6 Å². The maximum Gasteiger partial charge on any atom is 0.223 e. The van der Waals surface area contributed by atoms with Crippen LogP contribution in [0.3, 0.4) is 0 Å². The molecule has 4 heteroatoms. The SMILES string of the molecule is CNc1nc(C)cc(Sc2ccc(C(C)(C)C)cc2)n1. The molecule has 0 saturated carbocycles. The van der Waals surface area contributed by atoms with E-state index in [-0.39, 0.29) is 5.41 Å². The number of anilines is 1. The minimum Gasteiger partial charge on any atom is -0.357 e. The highest BCUT2D eigenvalue weighted by Gasteiger charge is 2.13. The Labute approximate surface area is 125 Å². The molecule has 3 nitrogen and oxygen atoms in total. The van der Waals surface area contributed by atoms with Crippen molar-refractivity contribution in [2.75, 3.05) is 12.4 Å². The molecule has 0 saturated heterocycles. The molecule has 0 bridgehead atoms. The number of nitrogens with one attached hydrogen (secondary N) is 1. The van der Waals surface area contributed by atoms with Crippen LogP contribution in [0.25, 0.3) is 0 Å². The average Bonchev–Trinajstić information content (AvgIpc) is 2.37. The summed E-state index contributed by atoms with van der Waals surface area (Å²) >= 11 is 1.66. The molecular formula is C16H21N3S. The first-order chi connectivity index (χ1) is 9.38. The van der Waals surface area contributed by atoms with Crippen LogP contribution in [0.2, 0.25) is 0 Å². The zero-order valence-electron chi connectivity index (χ0n) is 12.7. The molecule has 0 aliphatic heterocycles. The van der Waals surface area contributed by atoms with Crippen LogP contribution >= 0.6 is 11.8 Å². The van der Waals surface area contributed by atoms with E-state index in [4.69, 9.17) is 0 Å². The van der Waals surface area contributed by atoms with Crippen LogP contribution in [0.15, 0.2) is 40.3 Å². The Kier molecular flexibility index (Phi) is 4.33. The summed E-state index contributed by atoms with van der Waals surface area (Å²) in [5.74, 6) is 0.666. The monoisotopic (exact) mass is 287 g/mol. The molecule has 106 valence electrons. The first-order valence-electron chi connectivity index (χ1n) is 6.70. The molecule has 20 heavy (non-hydrogen) atoms. The molecule has 0 fully saturated rings. The van der Waals surface area contributed by atoms with Crippen molar-refractivity contribution in [3.8, 4) is 0 Å². The molecule has 0 aliphatic rings. The van der Waals surface area contributed by atoms with E-state index in [2.05, 4.69) is 60.3 Å². The molecule has 0 spiro atoms. The van der Waals surface area contributed by atoms with Gasteiger partial charge in [-0.3, -0.25) is 0 Å². The van der Waals surface area contributed by atoms with Crippen LogP contribution in [-0.2, 0) is 5.41 Å². The highest BCUT2D eigenvalue weighted by Crippen LogP contribution is 2.29. The van der Waals surface area contributed by atoms with E-state index >= 15 is 0 Å². The zero-order chi connectivity index (χ0) is 14.8. The molecule has 1 aromatic carbocycles. The summed E-state index contributed by atoms with van der Waals surface area (Å²) in [5.41, 5.74) is 2.50. The summed E-state index contributed by atoms with van der Waals surface area (Å²) < 4.78 is 0. The lowest BCUT2D eigenvalue weighted by Gasteiger charge is -2.19. The number of benzene rings is 1. The molecule has 1 N–H and O–H groups in total. The molecule has 2 aromatic rings. The molecule has 0 unspecified atom stereocenters. The fourth-order valence-corrected chi connectivity index (χ4v) is 2.72. The number of aromatic nitrogens is 2. The first-order valence-corrected chi connectivity index (χ1v) is 7.52. The minimum atomic E-state index is 0.188. The fraction of sp³-hybridized carbons (Fsp3) is 0.375. The zero-order valence-corrected chi connectivity index (χ0v) is 13.5. The lowest BCUT2D eigenvalue weighted by molar-refractivity contribution is 0.590. The van der Waals surface area contributed by atoms with Crippen molar-refractivity contribution in [2.24, 2.45) is 0 Å². The van der Waals surface area contributed by atoms with E-state index in [0.29, 0.717) is 5.95 Å². The van der Waals surface area contributed by atoms with Crippen LogP contribution in [0.5, 0.6) is 0 Å². The first kappa shape index (κ1) is 14.9. The second-order valence-electron chi connectivity index (χ2n) is 5.80. The van der Waals surface area contributed by atoms with Crippen molar-refractivity contribution in [1.29, 1.82) is 0 Å². The van der Waals surface area contributed by atoms with Crippen molar-refractivity contribution >= 4 is 17.7 Å². The van der Waals surface area contributed by atoms with Crippen LogP contribution in [0.1, 0.15) is 32.0 Å². The van der Waals surface area contributed by atoms with Gasteiger partial charge in [0.1, 0.15) is 5.03 Å². The van der Waals surface area contributed by atoms with E-state index < -0.39 is 0 Å². The van der Waals surface area contributed by atoms with Crippen molar-refractivity contribution in [3.05, 3.63) is 41.6 Å². The molecule has 0 amide bonds. The van der Waals surface area contributed by atoms with E-state index in [0.717, 1.165) is 10.7 Å². The van der Waals surface area contributed by atoms with Gasteiger partial charge in [0.05, 0.1) is 0 Å². The second-order valence-corrected chi connectivity index (χ2v) is 6.89. The Morgan fingerprint density at radius 2 is 1.70 bits per heavy atom. The predicted molar refractivity (Wildman–Crippen MR) is 85.6 cm³/mol. The Bertz CT molecular complexity index is 586. The Morgan fingerprint density at radius 1 is 1.05 bits per heavy atom. The Hall–Kier alpha value is -1.55. The predicted octanol–water partition coefficient (Wildman–Crippen LogP) is 4.28. The number of rotatable bonds is 3. The highest BCUT2D eigenvalue weighted by atomic mass is 32.2. The molecule has 0 aliphatic carbocycles. The molecule has 0 radical (unpaired) electrons. The standard InChI is InChI=1S/C16H21N3S/c1-11-10-14(19-15(17-5)18-11)20-13-8-6-12(7-9-13)16(2,3)4/h6-10H,1-5H3,(H,17,18,19). The van der Waals surface area contributed by atoms with Crippen molar-refractivity contribution in [1.82, 2.24) is 9.97 Å². The van der Waals surface area contributed by atoms with Crippen molar-refractivity contribution in [2.45, 2.75) is 43.0 Å². The van der Waals surface area contributed by atoms with Gasteiger partial charge in [0.2, 0.25) is 5.95 Å². The van der Waals surface area contributed by atoms with Gasteiger partial charge in [0.15, 0.2) is 0 Å². The quantitative estimate of drug-likeness (QED) is 0.855. The topological polar surface area (TPSA) is 37.8 Å². The van der Waals surface area contributed by atoms with Crippen molar-refractivity contribution in [3.63, 3.8) is 0 Å².